The molecule has 0 fully saturated rings. The highest BCUT2D eigenvalue weighted by molar-refractivity contribution is 7.99. The second-order valence-corrected chi connectivity index (χ2v) is 7.24. The van der Waals surface area contributed by atoms with Crippen molar-refractivity contribution in [1.82, 2.24) is 19.7 Å². The fourth-order valence-corrected chi connectivity index (χ4v) is 3.74. The molecule has 1 unspecified atom stereocenters. The number of thioether (sulfide) groups is 1. The quantitative estimate of drug-likeness (QED) is 0.666. The SMILES string of the molecule is CCCn1c(CO)nnc1SC(C)Cc1ccc2ccccc2n1. The van der Waals surface area contributed by atoms with Gasteiger partial charge in [0.2, 0.25) is 0 Å². The molecule has 3 rings (SSSR count). The largest absolute Gasteiger partial charge is 0.388 e. The Morgan fingerprint density at radius 2 is 2.00 bits per heavy atom. The highest BCUT2D eigenvalue weighted by atomic mass is 32.2. The summed E-state index contributed by atoms with van der Waals surface area (Å²) in [6.07, 6.45) is 1.85. The van der Waals surface area contributed by atoms with Gasteiger partial charge in [-0.3, -0.25) is 4.98 Å². The first-order valence-corrected chi connectivity index (χ1v) is 9.13. The van der Waals surface area contributed by atoms with E-state index in [0.29, 0.717) is 11.1 Å². The van der Waals surface area contributed by atoms with Crippen molar-refractivity contribution >= 4 is 22.7 Å². The van der Waals surface area contributed by atoms with Gasteiger partial charge in [0.05, 0.1) is 5.52 Å². The van der Waals surface area contributed by atoms with E-state index in [1.54, 1.807) is 11.8 Å². The second-order valence-electron chi connectivity index (χ2n) is 5.84. The molecule has 2 heterocycles. The van der Waals surface area contributed by atoms with Crippen LogP contribution in [0.2, 0.25) is 0 Å². The van der Waals surface area contributed by atoms with Gasteiger partial charge in [0.15, 0.2) is 11.0 Å². The van der Waals surface area contributed by atoms with Gasteiger partial charge in [-0.25, -0.2) is 0 Å². The van der Waals surface area contributed by atoms with Gasteiger partial charge >= 0.3 is 0 Å². The molecule has 5 nitrogen and oxygen atoms in total. The van der Waals surface area contributed by atoms with Gasteiger partial charge in [0.1, 0.15) is 6.61 Å². The average molecular weight is 342 g/mol. The highest BCUT2D eigenvalue weighted by Crippen LogP contribution is 2.25. The molecule has 0 saturated carbocycles. The molecule has 1 N–H and O–H groups in total. The number of rotatable bonds is 7. The minimum Gasteiger partial charge on any atom is -0.388 e. The van der Waals surface area contributed by atoms with Crippen molar-refractivity contribution in [2.75, 3.05) is 0 Å². The van der Waals surface area contributed by atoms with Gasteiger partial charge in [-0.1, -0.05) is 49.9 Å². The summed E-state index contributed by atoms with van der Waals surface area (Å²) in [5.41, 5.74) is 2.11. The van der Waals surface area contributed by atoms with Crippen LogP contribution in [0.1, 0.15) is 31.8 Å². The molecular formula is C18H22N4OS. The third-order valence-corrected chi connectivity index (χ3v) is 4.92. The Balaban J connectivity index is 1.72. The van der Waals surface area contributed by atoms with Crippen LogP contribution >= 0.6 is 11.8 Å². The van der Waals surface area contributed by atoms with Crippen molar-refractivity contribution in [3.63, 3.8) is 0 Å². The van der Waals surface area contributed by atoms with Gasteiger partial charge in [-0.15, -0.1) is 10.2 Å². The number of pyridine rings is 1. The van der Waals surface area contributed by atoms with Crippen LogP contribution in [0.4, 0.5) is 0 Å². The second kappa shape index (κ2) is 7.77. The molecule has 1 atom stereocenters. The van der Waals surface area contributed by atoms with Crippen molar-refractivity contribution in [3.05, 3.63) is 47.9 Å². The molecule has 0 amide bonds. The Bertz CT molecular complexity index is 818. The van der Waals surface area contributed by atoms with Crippen LogP contribution in [0.3, 0.4) is 0 Å². The van der Waals surface area contributed by atoms with Crippen LogP contribution in [0.15, 0.2) is 41.6 Å². The van der Waals surface area contributed by atoms with Crippen molar-refractivity contribution in [1.29, 1.82) is 0 Å². The molecule has 2 aromatic heterocycles. The number of nitrogens with zero attached hydrogens (tertiary/aromatic N) is 4. The van der Waals surface area contributed by atoms with Gasteiger partial charge in [-0.05, 0) is 18.6 Å². The average Bonchev–Trinajstić information content (AvgIpc) is 2.97. The molecule has 0 radical (unpaired) electrons. The number of hydrogen-bond acceptors (Lipinski definition) is 5. The summed E-state index contributed by atoms with van der Waals surface area (Å²) in [7, 11) is 0. The summed E-state index contributed by atoms with van der Waals surface area (Å²) in [6.45, 7) is 5.03. The number of fused-ring (bicyclic) bond motifs is 1. The summed E-state index contributed by atoms with van der Waals surface area (Å²) in [6, 6.07) is 12.4. The number of benzene rings is 1. The predicted octanol–water partition coefficient (Wildman–Crippen LogP) is 3.45. The minimum absolute atomic E-state index is 0.0752. The van der Waals surface area contributed by atoms with E-state index in [1.807, 2.05) is 22.8 Å². The molecule has 0 aliphatic carbocycles. The number of aliphatic hydroxyl groups excluding tert-OH is 1. The first kappa shape index (κ1) is 16.9. The minimum atomic E-state index is -0.0752. The van der Waals surface area contributed by atoms with E-state index in [-0.39, 0.29) is 6.61 Å². The lowest BCUT2D eigenvalue weighted by Gasteiger charge is -2.12. The van der Waals surface area contributed by atoms with Crippen LogP contribution in [-0.2, 0) is 19.6 Å². The predicted molar refractivity (Wildman–Crippen MR) is 97.0 cm³/mol. The first-order chi connectivity index (χ1) is 11.7. The van der Waals surface area contributed by atoms with Crippen molar-refractivity contribution in [2.45, 2.75) is 50.2 Å². The van der Waals surface area contributed by atoms with Gasteiger partial charge in [0, 0.05) is 29.3 Å². The lowest BCUT2D eigenvalue weighted by Crippen LogP contribution is -2.08. The van der Waals surface area contributed by atoms with E-state index >= 15 is 0 Å². The van der Waals surface area contributed by atoms with E-state index in [2.05, 4.69) is 42.2 Å². The topological polar surface area (TPSA) is 63.8 Å². The third kappa shape index (κ3) is 3.76. The Kier molecular flexibility index (Phi) is 5.48. The Labute approximate surface area is 146 Å². The molecule has 0 aliphatic heterocycles. The number of aliphatic hydroxyl groups is 1. The zero-order chi connectivity index (χ0) is 16.9. The fraction of sp³-hybridized carbons (Fsp3) is 0.389. The highest BCUT2D eigenvalue weighted by Gasteiger charge is 2.15. The molecule has 0 saturated heterocycles. The Hall–Kier alpha value is -1.92. The molecule has 24 heavy (non-hydrogen) atoms. The van der Waals surface area contributed by atoms with Crippen molar-refractivity contribution < 1.29 is 5.11 Å². The zero-order valence-corrected chi connectivity index (χ0v) is 14.8. The van der Waals surface area contributed by atoms with E-state index in [9.17, 15) is 5.11 Å². The molecule has 1 aromatic carbocycles. The number of para-hydroxylation sites is 1. The molecule has 0 bridgehead atoms. The molecular weight excluding hydrogens is 320 g/mol. The smallest absolute Gasteiger partial charge is 0.191 e. The van der Waals surface area contributed by atoms with Gasteiger partial charge in [-0.2, -0.15) is 0 Å². The maximum Gasteiger partial charge on any atom is 0.191 e. The summed E-state index contributed by atoms with van der Waals surface area (Å²) in [5.74, 6) is 0.635. The monoisotopic (exact) mass is 342 g/mol. The summed E-state index contributed by atoms with van der Waals surface area (Å²) >= 11 is 1.68. The zero-order valence-electron chi connectivity index (χ0n) is 14.0. The molecule has 0 spiro atoms. The normalized spacial score (nSPS) is 12.6. The maximum atomic E-state index is 9.39. The van der Waals surface area contributed by atoms with Gasteiger partial charge in [0.25, 0.3) is 0 Å². The Morgan fingerprint density at radius 1 is 1.17 bits per heavy atom. The molecule has 126 valence electrons. The lowest BCUT2D eigenvalue weighted by atomic mass is 10.1. The van der Waals surface area contributed by atoms with E-state index in [1.165, 1.54) is 0 Å². The summed E-state index contributed by atoms with van der Waals surface area (Å²) in [5, 5.41) is 20.1. The molecule has 6 heteroatoms. The maximum absolute atomic E-state index is 9.39. The first-order valence-electron chi connectivity index (χ1n) is 8.25. The number of aromatic nitrogens is 4. The van der Waals surface area contributed by atoms with Gasteiger partial charge < -0.3 is 9.67 Å². The van der Waals surface area contributed by atoms with Crippen LogP contribution < -0.4 is 0 Å². The van der Waals surface area contributed by atoms with E-state index in [4.69, 9.17) is 4.98 Å². The van der Waals surface area contributed by atoms with Crippen molar-refractivity contribution in [3.8, 4) is 0 Å². The standard InChI is InChI=1S/C18H22N4OS/c1-3-10-22-17(12-23)20-21-18(22)24-13(2)11-15-9-8-14-6-4-5-7-16(14)19-15/h4-9,13,23H,3,10-12H2,1-2H3. The fourth-order valence-electron chi connectivity index (χ4n) is 2.71. The van der Waals surface area contributed by atoms with Crippen LogP contribution in [0.25, 0.3) is 10.9 Å². The third-order valence-electron chi connectivity index (χ3n) is 3.84. The van der Waals surface area contributed by atoms with E-state index < -0.39 is 0 Å². The van der Waals surface area contributed by atoms with E-state index in [0.717, 1.165) is 41.1 Å². The Morgan fingerprint density at radius 3 is 2.79 bits per heavy atom. The van der Waals surface area contributed by atoms with Crippen LogP contribution in [-0.4, -0.2) is 30.1 Å². The van der Waals surface area contributed by atoms with Crippen molar-refractivity contribution in [2.24, 2.45) is 0 Å². The number of hydrogen-bond donors (Lipinski definition) is 1. The van der Waals surface area contributed by atoms with Crippen LogP contribution in [0.5, 0.6) is 0 Å². The summed E-state index contributed by atoms with van der Waals surface area (Å²) < 4.78 is 2.01. The van der Waals surface area contributed by atoms with Crippen LogP contribution in [0, 0.1) is 0 Å². The summed E-state index contributed by atoms with van der Waals surface area (Å²) in [4.78, 5) is 4.74. The lowest BCUT2D eigenvalue weighted by molar-refractivity contribution is 0.263. The molecule has 3 aromatic rings. The molecule has 0 aliphatic rings.